The number of rotatable bonds is 21. The minimum Gasteiger partial charge on any atom is -0.459 e. The lowest BCUT2D eigenvalue weighted by Crippen LogP contribution is -2.67. The third kappa shape index (κ3) is 16.3. The van der Waals surface area contributed by atoms with Crippen molar-refractivity contribution in [3.05, 3.63) is 0 Å². The first kappa shape index (κ1) is 80.7. The van der Waals surface area contributed by atoms with Crippen LogP contribution in [0.4, 0.5) is 0 Å². The monoisotopic (exact) mass is 1430 g/mol. The summed E-state index contributed by atoms with van der Waals surface area (Å²) in [5, 5.41) is 30.6. The second-order valence-corrected chi connectivity index (χ2v) is 37.7. The maximum absolute atomic E-state index is 12.6. The van der Waals surface area contributed by atoms with Gasteiger partial charge in [-0.15, -0.1) is 0 Å². The van der Waals surface area contributed by atoms with Gasteiger partial charge in [0, 0.05) is 48.3 Å². The number of carbonyl (C=O) groups excluding carboxylic acids is 9. The Kier molecular flexibility index (Phi) is 23.3. The molecule has 15 rings (SSSR count). The maximum atomic E-state index is 12.6. The van der Waals surface area contributed by atoms with Gasteiger partial charge in [0.1, 0.15) is 41.2 Å². The molecule has 2 aliphatic heterocycles. The molecule has 2 N–H and O–H groups in total. The van der Waals surface area contributed by atoms with Gasteiger partial charge in [0.05, 0.1) is 50.3 Å². The Hall–Kier alpha value is -5.36. The van der Waals surface area contributed by atoms with Gasteiger partial charge in [-0.2, -0.15) is 5.26 Å². The summed E-state index contributed by atoms with van der Waals surface area (Å²) < 4.78 is 49.3. The van der Waals surface area contributed by atoms with E-state index < -0.39 is 87.1 Å². The van der Waals surface area contributed by atoms with Crippen LogP contribution in [0, 0.1) is 102 Å². The van der Waals surface area contributed by atoms with E-state index in [9.17, 15) is 58.6 Å². The molecule has 2 heterocycles. The quantitative estimate of drug-likeness (QED) is 0.0797. The van der Waals surface area contributed by atoms with E-state index in [1.54, 1.807) is 27.7 Å². The van der Waals surface area contributed by atoms with E-state index in [1.807, 2.05) is 69.2 Å². The number of ether oxygens (including phenoxy) is 9. The molecule has 0 aromatic heterocycles. The molecule has 0 amide bonds. The average molecular weight is 1430 g/mol. The highest BCUT2D eigenvalue weighted by molar-refractivity contribution is 5.85. The van der Waals surface area contributed by atoms with Gasteiger partial charge in [-0.1, -0.05) is 41.5 Å². The Morgan fingerprint density at radius 2 is 0.961 bits per heavy atom. The lowest BCUT2D eigenvalue weighted by molar-refractivity contribution is -0.264. The Balaban J connectivity index is 0.000000149. The lowest BCUT2D eigenvalue weighted by atomic mass is 9.46. The minimum atomic E-state index is -1.06. The van der Waals surface area contributed by atoms with Crippen LogP contribution in [-0.2, 0) is 85.8 Å². The molecule has 2 saturated heterocycles. The van der Waals surface area contributed by atoms with Gasteiger partial charge in [0.25, 0.3) is 0 Å². The van der Waals surface area contributed by atoms with Crippen LogP contribution in [0.1, 0.15) is 292 Å². The third-order valence-corrected chi connectivity index (χ3v) is 27.9. The number of nitrogens with zero attached hydrogens (tertiary/aromatic N) is 1. The fourth-order valence-electron chi connectivity index (χ4n) is 20.0. The van der Waals surface area contributed by atoms with Crippen molar-refractivity contribution in [1.29, 1.82) is 5.26 Å². The van der Waals surface area contributed by atoms with E-state index in [4.69, 9.17) is 42.6 Å². The van der Waals surface area contributed by atoms with Crippen molar-refractivity contribution >= 4 is 53.7 Å². The zero-order valence-electron chi connectivity index (χ0n) is 65.0. The van der Waals surface area contributed by atoms with Crippen molar-refractivity contribution in [1.82, 2.24) is 0 Å². The van der Waals surface area contributed by atoms with Gasteiger partial charge in [0.15, 0.2) is 18.6 Å². The Morgan fingerprint density at radius 1 is 0.510 bits per heavy atom. The van der Waals surface area contributed by atoms with Crippen molar-refractivity contribution in [2.24, 2.45) is 91.2 Å². The first-order valence-corrected chi connectivity index (χ1v) is 39.0. The highest BCUT2D eigenvalue weighted by atomic mass is 16.6. The zero-order chi connectivity index (χ0) is 75.6. The molecule has 0 spiro atoms. The number of fused-ring (bicyclic) bond motifs is 2. The molecule has 0 aromatic carbocycles. The molecule has 0 aromatic rings. The summed E-state index contributed by atoms with van der Waals surface area (Å²) in [5.74, 6) is 0.0981. The van der Waals surface area contributed by atoms with Crippen molar-refractivity contribution < 1.29 is 96.0 Å². The summed E-state index contributed by atoms with van der Waals surface area (Å²) in [6.07, 6.45) is 21.8. The number of esters is 9. The first-order chi connectivity index (χ1) is 47.3. The number of hydrogen-bond acceptors (Lipinski definition) is 21. The van der Waals surface area contributed by atoms with Gasteiger partial charge in [-0.3, -0.25) is 33.6 Å². The van der Waals surface area contributed by atoms with Gasteiger partial charge in [0.2, 0.25) is 0 Å². The predicted octanol–water partition coefficient (Wildman–Crippen LogP) is 13.6. The molecule has 13 aliphatic carbocycles. The average Bonchev–Trinajstić information content (AvgIpc) is 1.46. The Morgan fingerprint density at radius 3 is 1.41 bits per heavy atom. The smallest absolute Gasteiger partial charge is 0.344 e. The summed E-state index contributed by atoms with van der Waals surface area (Å²) in [7, 11) is 0. The molecule has 12 bridgehead atoms. The summed E-state index contributed by atoms with van der Waals surface area (Å²) in [6, 6.07) is 2.10. The Labute approximate surface area is 606 Å². The molecule has 15 fully saturated rings. The van der Waals surface area contributed by atoms with Crippen molar-refractivity contribution in [3.63, 3.8) is 0 Å². The molecular weight excluding hydrogens is 1310 g/mol. The van der Waals surface area contributed by atoms with E-state index in [2.05, 4.69) is 33.8 Å². The molecule has 21 nitrogen and oxygen atoms in total. The zero-order valence-corrected chi connectivity index (χ0v) is 65.0. The van der Waals surface area contributed by atoms with Crippen molar-refractivity contribution in [2.75, 3.05) is 13.2 Å². The van der Waals surface area contributed by atoms with E-state index >= 15 is 0 Å². The number of carbonyl (C=O) groups is 9. The van der Waals surface area contributed by atoms with Gasteiger partial charge < -0.3 is 52.8 Å². The van der Waals surface area contributed by atoms with Crippen LogP contribution in [0.3, 0.4) is 0 Å². The predicted molar refractivity (Wildman–Crippen MR) is 374 cm³/mol. The minimum absolute atomic E-state index is 0.00636. The summed E-state index contributed by atoms with van der Waals surface area (Å²) >= 11 is 0. The summed E-state index contributed by atoms with van der Waals surface area (Å²) in [5.41, 5.74) is -6.05. The second-order valence-electron chi connectivity index (χ2n) is 37.7. The van der Waals surface area contributed by atoms with Crippen molar-refractivity contribution in [3.8, 4) is 6.07 Å². The van der Waals surface area contributed by atoms with Crippen LogP contribution in [-0.4, -0.2) is 130 Å². The molecule has 0 radical (unpaired) electrons. The molecule has 102 heavy (non-hydrogen) atoms. The highest BCUT2D eigenvalue weighted by Crippen LogP contribution is 2.66. The van der Waals surface area contributed by atoms with Gasteiger partial charge in [-0.25, -0.2) is 9.59 Å². The number of hydrogen-bond donors (Lipinski definition) is 2. The molecule has 15 aliphatic rings. The second kappa shape index (κ2) is 29.4. The van der Waals surface area contributed by atoms with Crippen LogP contribution < -0.4 is 0 Å². The van der Waals surface area contributed by atoms with Crippen molar-refractivity contribution in [2.45, 2.75) is 344 Å². The SMILES string of the molecule is CCC(C)(C)C(=O)OC(C)(C)C12CC3CC(CC(C3)C1)C2.CCC(C)(C)C(=O)OC12CC3CC(O)(CC(O)(C3)C1)C2.CCC(C)(C)C(=O)OCC(=O)OC1C2CC3C(=O)OC1C3C2.CCC(C)(C)C(=O)OCC(=O)OC1C2CC3C1OC(=O)C3(C#N)C2.CCC1(OC(=O)C(C)(C)CC)CCCC1. The number of nitriles is 1. The van der Waals surface area contributed by atoms with E-state index in [1.165, 1.54) is 51.4 Å². The molecule has 21 heteroatoms. The van der Waals surface area contributed by atoms with Gasteiger partial charge in [-0.05, 0) is 254 Å². The van der Waals surface area contributed by atoms with E-state index in [0.717, 1.165) is 88.4 Å². The molecular formula is C81H125NO20. The summed E-state index contributed by atoms with van der Waals surface area (Å²) in [6.45, 7) is 34.2. The fraction of sp³-hybridized carbons (Fsp3) is 0.877. The largest absolute Gasteiger partial charge is 0.459 e. The molecule has 574 valence electrons. The van der Waals surface area contributed by atoms with Crippen LogP contribution in [0.15, 0.2) is 0 Å². The standard InChI is InChI=1S/C19H32O2.C17H21NO6.C16H22O6.C16H26O4.C13H24O2/c1-6-17(2,3)16(20)21-18(4,5)19-10-13-7-14(11-19)9-15(8-13)12-19;1-4-16(2,3)14(20)22-7-11(19)23-12-9-5-10-13(12)24-15(21)17(10,6-9)8-18;1-4-16(2,3)15(19)20-7-11(17)21-12-8-5-9-10(6-8)14(18)22-13(9)12;1-4-13(2,3)12(17)20-16-7-11-5-14(18,9-16)8-15(19,6-11)10-16;1-5-12(3,4)11(14)15-13(6-2)9-7-8-10-13/h13-15H,6-12H2,1-5H3;9-10,12-13H,4-7H2,1-3H3;8-10,12-13H,4-7H2,1-3H3;11,18-19H,4-10H2,1-3H3;5-10H2,1-4H3. The Bertz CT molecular complexity index is 3150. The normalized spacial score (nSPS) is 36.2. The van der Waals surface area contributed by atoms with Crippen LogP contribution in [0.2, 0.25) is 0 Å². The maximum Gasteiger partial charge on any atom is 0.344 e. The molecule has 13 saturated carbocycles. The van der Waals surface area contributed by atoms with Gasteiger partial charge >= 0.3 is 53.7 Å². The summed E-state index contributed by atoms with van der Waals surface area (Å²) in [4.78, 5) is 108. The molecule has 12 atom stereocenters. The fourth-order valence-corrected chi connectivity index (χ4v) is 20.0. The highest BCUT2D eigenvalue weighted by Gasteiger charge is 2.73. The lowest BCUT2D eigenvalue weighted by Gasteiger charge is -2.62. The van der Waals surface area contributed by atoms with E-state index in [0.29, 0.717) is 44.9 Å². The molecule has 12 unspecified atom stereocenters. The van der Waals surface area contributed by atoms with E-state index in [-0.39, 0.29) is 106 Å². The third-order valence-electron chi connectivity index (χ3n) is 27.9. The van der Waals surface area contributed by atoms with Crippen LogP contribution >= 0.6 is 0 Å². The van der Waals surface area contributed by atoms with Crippen LogP contribution in [0.5, 0.6) is 0 Å². The van der Waals surface area contributed by atoms with Crippen LogP contribution in [0.25, 0.3) is 0 Å². The first-order valence-electron chi connectivity index (χ1n) is 39.0. The number of aliphatic hydroxyl groups is 2. The topological polar surface area (TPSA) is 301 Å².